The van der Waals surface area contributed by atoms with E-state index in [4.69, 9.17) is 0 Å². The molecule has 0 aromatic heterocycles. The lowest BCUT2D eigenvalue weighted by molar-refractivity contribution is 0.355. The summed E-state index contributed by atoms with van der Waals surface area (Å²) in [7, 11) is 0. The molecule has 4 atom stereocenters. The molecule has 0 bridgehead atoms. The fourth-order valence-electron chi connectivity index (χ4n) is 2.66. The Morgan fingerprint density at radius 1 is 0.857 bits per heavy atom. The van der Waals surface area contributed by atoms with Crippen LogP contribution in [0.1, 0.15) is 54.4 Å². The first kappa shape index (κ1) is 12.1. The second kappa shape index (κ2) is 4.68. The van der Waals surface area contributed by atoms with Crippen molar-refractivity contribution in [3.8, 4) is 0 Å². The molecular formula is C14H28. The van der Waals surface area contributed by atoms with E-state index in [9.17, 15) is 0 Å². The van der Waals surface area contributed by atoms with Gasteiger partial charge in [-0.2, -0.15) is 0 Å². The molecule has 0 N–H and O–H groups in total. The molecular weight excluding hydrogens is 168 g/mol. The summed E-state index contributed by atoms with van der Waals surface area (Å²) < 4.78 is 0. The van der Waals surface area contributed by atoms with E-state index in [1.54, 1.807) is 0 Å². The van der Waals surface area contributed by atoms with Crippen molar-refractivity contribution in [2.45, 2.75) is 54.4 Å². The van der Waals surface area contributed by atoms with E-state index in [-0.39, 0.29) is 0 Å². The Labute approximate surface area is 90.5 Å². The predicted molar refractivity (Wildman–Crippen MR) is 64.2 cm³/mol. The first-order valence-corrected chi connectivity index (χ1v) is 6.43. The molecule has 0 spiro atoms. The van der Waals surface area contributed by atoms with Crippen LogP contribution in [0.2, 0.25) is 0 Å². The van der Waals surface area contributed by atoms with Crippen LogP contribution in [0.3, 0.4) is 0 Å². The SMILES string of the molecule is CC(C)CC1C(C)C1CC(C)C(C)C. The van der Waals surface area contributed by atoms with E-state index in [2.05, 4.69) is 41.5 Å². The Kier molecular flexibility index (Phi) is 4.04. The quantitative estimate of drug-likeness (QED) is 0.603. The van der Waals surface area contributed by atoms with Crippen molar-refractivity contribution in [2.75, 3.05) is 0 Å². The van der Waals surface area contributed by atoms with Gasteiger partial charge in [0.05, 0.1) is 0 Å². The average Bonchev–Trinajstić information content (AvgIpc) is 2.62. The molecule has 14 heavy (non-hydrogen) atoms. The third-order valence-electron chi connectivity index (χ3n) is 4.29. The second-order valence-corrected chi connectivity index (χ2v) is 6.27. The van der Waals surface area contributed by atoms with Gasteiger partial charge in [-0.3, -0.25) is 0 Å². The van der Waals surface area contributed by atoms with Crippen molar-refractivity contribution in [3.63, 3.8) is 0 Å². The summed E-state index contributed by atoms with van der Waals surface area (Å²) in [5, 5.41) is 0. The number of rotatable bonds is 5. The summed E-state index contributed by atoms with van der Waals surface area (Å²) in [5.74, 6) is 5.79. The van der Waals surface area contributed by atoms with Gasteiger partial charge in [-0.05, 0) is 48.3 Å². The molecule has 0 nitrogen and oxygen atoms in total. The lowest BCUT2D eigenvalue weighted by Gasteiger charge is -2.15. The van der Waals surface area contributed by atoms with Crippen LogP contribution in [-0.2, 0) is 0 Å². The third kappa shape index (κ3) is 3.00. The van der Waals surface area contributed by atoms with Gasteiger partial charge in [-0.1, -0.05) is 41.5 Å². The highest BCUT2D eigenvalue weighted by Gasteiger charge is 2.46. The molecule has 0 saturated heterocycles. The molecule has 0 aromatic carbocycles. The van der Waals surface area contributed by atoms with Crippen molar-refractivity contribution in [2.24, 2.45) is 35.5 Å². The van der Waals surface area contributed by atoms with Crippen LogP contribution < -0.4 is 0 Å². The zero-order chi connectivity index (χ0) is 10.9. The zero-order valence-corrected chi connectivity index (χ0v) is 10.9. The molecule has 0 aliphatic heterocycles. The Bertz CT molecular complexity index is 169. The standard InChI is InChI=1S/C14H28/c1-9(2)7-13-12(6)14(13)8-11(5)10(3)4/h9-14H,7-8H2,1-6H3. The Hall–Kier alpha value is 0. The van der Waals surface area contributed by atoms with Crippen molar-refractivity contribution in [1.29, 1.82) is 0 Å². The lowest BCUT2D eigenvalue weighted by atomic mass is 9.91. The highest BCUT2D eigenvalue weighted by atomic mass is 14.5. The smallest absolute Gasteiger partial charge is 0.0352 e. The van der Waals surface area contributed by atoms with Gasteiger partial charge in [0.1, 0.15) is 0 Å². The van der Waals surface area contributed by atoms with Gasteiger partial charge in [0.15, 0.2) is 0 Å². The fourth-order valence-corrected chi connectivity index (χ4v) is 2.66. The van der Waals surface area contributed by atoms with Crippen molar-refractivity contribution in [1.82, 2.24) is 0 Å². The molecule has 1 saturated carbocycles. The van der Waals surface area contributed by atoms with Crippen molar-refractivity contribution < 1.29 is 0 Å². The minimum Gasteiger partial charge on any atom is -0.0628 e. The van der Waals surface area contributed by atoms with Gasteiger partial charge in [-0.25, -0.2) is 0 Å². The summed E-state index contributed by atoms with van der Waals surface area (Å²) in [4.78, 5) is 0. The maximum absolute atomic E-state index is 2.45. The van der Waals surface area contributed by atoms with Gasteiger partial charge in [0.2, 0.25) is 0 Å². The van der Waals surface area contributed by atoms with Crippen LogP contribution in [0.25, 0.3) is 0 Å². The summed E-state index contributed by atoms with van der Waals surface area (Å²) in [6.07, 6.45) is 2.92. The van der Waals surface area contributed by atoms with Crippen LogP contribution in [-0.4, -0.2) is 0 Å². The molecule has 4 unspecified atom stereocenters. The molecule has 0 heterocycles. The minimum absolute atomic E-state index is 0.863. The Morgan fingerprint density at radius 3 is 1.79 bits per heavy atom. The Balaban J connectivity index is 2.28. The van der Waals surface area contributed by atoms with E-state index in [0.717, 1.165) is 35.5 Å². The van der Waals surface area contributed by atoms with Crippen molar-refractivity contribution >= 4 is 0 Å². The molecule has 1 aliphatic rings. The summed E-state index contributed by atoms with van der Waals surface area (Å²) in [6, 6.07) is 0. The van der Waals surface area contributed by atoms with Crippen LogP contribution in [0.15, 0.2) is 0 Å². The molecule has 1 rings (SSSR count). The minimum atomic E-state index is 0.863. The molecule has 1 fully saturated rings. The van der Waals surface area contributed by atoms with E-state index in [0.29, 0.717) is 0 Å². The zero-order valence-electron chi connectivity index (χ0n) is 10.9. The Morgan fingerprint density at radius 2 is 1.36 bits per heavy atom. The van der Waals surface area contributed by atoms with Gasteiger partial charge in [0, 0.05) is 0 Å². The molecule has 0 radical (unpaired) electrons. The predicted octanol–water partition coefficient (Wildman–Crippen LogP) is 4.60. The normalized spacial score (nSPS) is 33.9. The maximum atomic E-state index is 2.45. The number of hydrogen-bond donors (Lipinski definition) is 0. The highest BCUT2D eigenvalue weighted by molar-refractivity contribution is 4.95. The first-order chi connectivity index (χ1) is 6.43. The fraction of sp³-hybridized carbons (Fsp3) is 1.00. The second-order valence-electron chi connectivity index (χ2n) is 6.27. The van der Waals surface area contributed by atoms with Crippen LogP contribution >= 0.6 is 0 Å². The summed E-state index contributed by atoms with van der Waals surface area (Å²) in [6.45, 7) is 14.3. The van der Waals surface area contributed by atoms with Gasteiger partial charge in [-0.15, -0.1) is 0 Å². The molecule has 0 aromatic rings. The number of hydrogen-bond acceptors (Lipinski definition) is 0. The van der Waals surface area contributed by atoms with Gasteiger partial charge >= 0.3 is 0 Å². The molecule has 84 valence electrons. The monoisotopic (exact) mass is 196 g/mol. The van der Waals surface area contributed by atoms with Gasteiger partial charge < -0.3 is 0 Å². The van der Waals surface area contributed by atoms with Crippen LogP contribution in [0.5, 0.6) is 0 Å². The van der Waals surface area contributed by atoms with Gasteiger partial charge in [0.25, 0.3) is 0 Å². The van der Waals surface area contributed by atoms with Crippen LogP contribution in [0, 0.1) is 35.5 Å². The average molecular weight is 196 g/mol. The van der Waals surface area contributed by atoms with Crippen molar-refractivity contribution in [3.05, 3.63) is 0 Å². The lowest BCUT2D eigenvalue weighted by Crippen LogP contribution is -2.05. The van der Waals surface area contributed by atoms with Crippen LogP contribution in [0.4, 0.5) is 0 Å². The van der Waals surface area contributed by atoms with E-state index >= 15 is 0 Å². The molecule has 1 aliphatic carbocycles. The first-order valence-electron chi connectivity index (χ1n) is 6.43. The topological polar surface area (TPSA) is 0 Å². The molecule has 0 heteroatoms. The van der Waals surface area contributed by atoms with E-state index in [1.807, 2.05) is 0 Å². The summed E-state index contributed by atoms with van der Waals surface area (Å²) in [5.41, 5.74) is 0. The molecule has 0 amide bonds. The highest BCUT2D eigenvalue weighted by Crippen LogP contribution is 2.53. The van der Waals surface area contributed by atoms with E-state index in [1.165, 1.54) is 12.8 Å². The summed E-state index contributed by atoms with van der Waals surface area (Å²) >= 11 is 0. The largest absolute Gasteiger partial charge is 0.0628 e. The van der Waals surface area contributed by atoms with E-state index < -0.39 is 0 Å². The third-order valence-corrected chi connectivity index (χ3v) is 4.29. The maximum Gasteiger partial charge on any atom is -0.0352 e.